The van der Waals surface area contributed by atoms with E-state index in [0.29, 0.717) is 11.6 Å². The van der Waals surface area contributed by atoms with Crippen LogP contribution in [0.5, 0.6) is 0 Å². The van der Waals surface area contributed by atoms with Crippen LogP contribution in [-0.4, -0.2) is 17.1 Å². The number of rotatable bonds is 4. The summed E-state index contributed by atoms with van der Waals surface area (Å²) in [4.78, 5) is 10.8. The maximum Gasteiger partial charge on any atom is 0.308 e. The van der Waals surface area contributed by atoms with E-state index in [9.17, 15) is 4.79 Å². The monoisotopic (exact) mass is 239 g/mol. The molecule has 1 aromatic carbocycles. The number of carboxylic acids is 1. The topological polar surface area (TPSA) is 49.3 Å². The Balaban J connectivity index is 1.86. The van der Waals surface area contributed by atoms with Gasteiger partial charge in [-0.3, -0.25) is 4.79 Å². The van der Waals surface area contributed by atoms with Crippen LogP contribution in [0.2, 0.25) is 5.02 Å². The first-order chi connectivity index (χ1) is 7.66. The van der Waals surface area contributed by atoms with Crippen molar-refractivity contribution in [1.82, 2.24) is 5.32 Å². The van der Waals surface area contributed by atoms with Gasteiger partial charge in [-0.2, -0.15) is 0 Å². The van der Waals surface area contributed by atoms with Crippen molar-refractivity contribution in [2.45, 2.75) is 25.4 Å². The molecule has 0 radical (unpaired) electrons. The molecule has 0 amide bonds. The lowest BCUT2D eigenvalue weighted by atomic mass is 9.79. The Morgan fingerprint density at radius 2 is 2.31 bits per heavy atom. The predicted molar refractivity (Wildman–Crippen MR) is 62.4 cm³/mol. The standard InChI is InChI=1S/C12H14ClNO2/c13-9-3-1-2-8(6-9)7-14-11-5-4-10(11)12(15)16/h1-3,6,10-11,14H,4-5,7H2,(H,15,16). The maximum atomic E-state index is 10.8. The minimum atomic E-state index is -0.699. The number of nitrogens with one attached hydrogen (secondary N) is 1. The molecule has 0 bridgehead atoms. The molecular weight excluding hydrogens is 226 g/mol. The molecule has 0 aromatic heterocycles. The van der Waals surface area contributed by atoms with Crippen molar-refractivity contribution in [3.05, 3.63) is 34.9 Å². The van der Waals surface area contributed by atoms with Gasteiger partial charge < -0.3 is 10.4 Å². The van der Waals surface area contributed by atoms with E-state index in [1.165, 1.54) is 0 Å². The van der Waals surface area contributed by atoms with Gasteiger partial charge in [0.25, 0.3) is 0 Å². The Labute approximate surface area is 99.4 Å². The number of hydrogen-bond acceptors (Lipinski definition) is 2. The van der Waals surface area contributed by atoms with Crippen LogP contribution in [0.15, 0.2) is 24.3 Å². The van der Waals surface area contributed by atoms with Gasteiger partial charge in [0.2, 0.25) is 0 Å². The van der Waals surface area contributed by atoms with Crippen molar-refractivity contribution in [2.24, 2.45) is 5.92 Å². The molecular formula is C12H14ClNO2. The van der Waals surface area contributed by atoms with E-state index in [2.05, 4.69) is 5.32 Å². The number of carboxylic acid groups (broad SMARTS) is 1. The van der Waals surface area contributed by atoms with Crippen molar-refractivity contribution >= 4 is 17.6 Å². The second-order valence-corrected chi connectivity index (χ2v) is 4.58. The summed E-state index contributed by atoms with van der Waals surface area (Å²) in [6.45, 7) is 0.676. The third kappa shape index (κ3) is 2.54. The molecule has 1 aliphatic rings. The van der Waals surface area contributed by atoms with Crippen LogP contribution in [-0.2, 0) is 11.3 Å². The maximum absolute atomic E-state index is 10.8. The van der Waals surface area contributed by atoms with Crippen LogP contribution in [0.25, 0.3) is 0 Å². The summed E-state index contributed by atoms with van der Waals surface area (Å²) in [5.74, 6) is -0.922. The third-order valence-corrected chi connectivity index (χ3v) is 3.28. The number of halogens is 1. The van der Waals surface area contributed by atoms with Crippen molar-refractivity contribution < 1.29 is 9.90 Å². The summed E-state index contributed by atoms with van der Waals surface area (Å²) in [5.41, 5.74) is 1.09. The first-order valence-corrected chi connectivity index (χ1v) is 5.75. The normalized spacial score (nSPS) is 23.8. The number of benzene rings is 1. The predicted octanol–water partition coefficient (Wildman–Crippen LogP) is 2.29. The highest BCUT2D eigenvalue weighted by Gasteiger charge is 2.35. The molecule has 1 aromatic rings. The van der Waals surface area contributed by atoms with E-state index in [-0.39, 0.29) is 12.0 Å². The molecule has 0 heterocycles. The van der Waals surface area contributed by atoms with E-state index in [1.807, 2.05) is 24.3 Å². The van der Waals surface area contributed by atoms with Crippen LogP contribution < -0.4 is 5.32 Å². The van der Waals surface area contributed by atoms with Gasteiger partial charge >= 0.3 is 5.97 Å². The highest BCUT2D eigenvalue weighted by atomic mass is 35.5. The van der Waals surface area contributed by atoms with Gasteiger partial charge in [-0.25, -0.2) is 0 Å². The first kappa shape index (κ1) is 11.4. The Kier molecular flexibility index (Phi) is 3.46. The zero-order valence-corrected chi connectivity index (χ0v) is 9.57. The minimum absolute atomic E-state index is 0.108. The lowest BCUT2D eigenvalue weighted by Crippen LogP contribution is -2.47. The fourth-order valence-corrected chi connectivity index (χ4v) is 2.15. The Morgan fingerprint density at radius 1 is 1.50 bits per heavy atom. The van der Waals surface area contributed by atoms with E-state index in [0.717, 1.165) is 18.4 Å². The second kappa shape index (κ2) is 4.85. The van der Waals surface area contributed by atoms with Gasteiger partial charge in [0.05, 0.1) is 5.92 Å². The van der Waals surface area contributed by atoms with E-state index in [4.69, 9.17) is 16.7 Å². The number of hydrogen-bond donors (Lipinski definition) is 2. The molecule has 4 heteroatoms. The molecule has 2 N–H and O–H groups in total. The molecule has 2 atom stereocenters. The number of aliphatic carboxylic acids is 1. The lowest BCUT2D eigenvalue weighted by Gasteiger charge is -2.34. The van der Waals surface area contributed by atoms with Crippen LogP contribution in [0.3, 0.4) is 0 Å². The molecule has 0 spiro atoms. The summed E-state index contributed by atoms with van der Waals surface area (Å²) in [6, 6.07) is 7.70. The number of carbonyl (C=O) groups is 1. The fourth-order valence-electron chi connectivity index (χ4n) is 1.94. The average Bonchev–Trinajstić information content (AvgIpc) is 2.15. The summed E-state index contributed by atoms with van der Waals surface area (Å²) in [7, 11) is 0. The summed E-state index contributed by atoms with van der Waals surface area (Å²) in [5, 5.41) is 12.8. The largest absolute Gasteiger partial charge is 0.481 e. The van der Waals surface area contributed by atoms with Gasteiger partial charge in [0.1, 0.15) is 0 Å². The Morgan fingerprint density at radius 3 is 2.88 bits per heavy atom. The average molecular weight is 240 g/mol. The summed E-state index contributed by atoms with van der Waals surface area (Å²) in [6.07, 6.45) is 1.72. The molecule has 1 saturated carbocycles. The van der Waals surface area contributed by atoms with Gasteiger partial charge in [0, 0.05) is 17.6 Å². The SMILES string of the molecule is O=C(O)C1CCC1NCc1cccc(Cl)c1. The van der Waals surface area contributed by atoms with Gasteiger partial charge in [-0.1, -0.05) is 23.7 Å². The first-order valence-electron chi connectivity index (χ1n) is 5.37. The molecule has 2 rings (SSSR count). The zero-order chi connectivity index (χ0) is 11.5. The van der Waals surface area contributed by atoms with Crippen molar-refractivity contribution in [1.29, 1.82) is 0 Å². The van der Waals surface area contributed by atoms with E-state index < -0.39 is 5.97 Å². The Hall–Kier alpha value is -1.06. The molecule has 16 heavy (non-hydrogen) atoms. The van der Waals surface area contributed by atoms with Gasteiger partial charge in [-0.15, -0.1) is 0 Å². The molecule has 1 fully saturated rings. The van der Waals surface area contributed by atoms with Crippen LogP contribution >= 0.6 is 11.6 Å². The molecule has 1 aliphatic carbocycles. The molecule has 0 saturated heterocycles. The highest BCUT2D eigenvalue weighted by molar-refractivity contribution is 6.30. The summed E-state index contributed by atoms with van der Waals surface area (Å²) < 4.78 is 0. The molecule has 86 valence electrons. The molecule has 3 nitrogen and oxygen atoms in total. The molecule has 2 unspecified atom stereocenters. The lowest BCUT2D eigenvalue weighted by molar-refractivity contribution is -0.146. The zero-order valence-electron chi connectivity index (χ0n) is 8.82. The summed E-state index contributed by atoms with van der Waals surface area (Å²) >= 11 is 5.87. The van der Waals surface area contributed by atoms with Gasteiger partial charge in [-0.05, 0) is 30.5 Å². The smallest absolute Gasteiger partial charge is 0.308 e. The minimum Gasteiger partial charge on any atom is -0.481 e. The van der Waals surface area contributed by atoms with Crippen molar-refractivity contribution in [3.63, 3.8) is 0 Å². The van der Waals surface area contributed by atoms with Crippen LogP contribution in [0.4, 0.5) is 0 Å². The highest BCUT2D eigenvalue weighted by Crippen LogP contribution is 2.27. The quantitative estimate of drug-likeness (QED) is 0.848. The van der Waals surface area contributed by atoms with Crippen LogP contribution in [0, 0.1) is 5.92 Å². The van der Waals surface area contributed by atoms with Crippen LogP contribution in [0.1, 0.15) is 18.4 Å². The third-order valence-electron chi connectivity index (χ3n) is 3.05. The van der Waals surface area contributed by atoms with Gasteiger partial charge in [0.15, 0.2) is 0 Å². The molecule has 0 aliphatic heterocycles. The van der Waals surface area contributed by atoms with Crippen molar-refractivity contribution in [3.8, 4) is 0 Å². The van der Waals surface area contributed by atoms with Crippen molar-refractivity contribution in [2.75, 3.05) is 0 Å². The second-order valence-electron chi connectivity index (χ2n) is 4.14. The van der Waals surface area contributed by atoms with E-state index >= 15 is 0 Å². The van der Waals surface area contributed by atoms with E-state index in [1.54, 1.807) is 0 Å². The Bertz CT molecular complexity index is 394. The fraction of sp³-hybridized carbons (Fsp3) is 0.417.